The van der Waals surface area contributed by atoms with Crippen molar-refractivity contribution in [2.45, 2.75) is 51.7 Å². The lowest BCUT2D eigenvalue weighted by Gasteiger charge is -2.21. The summed E-state index contributed by atoms with van der Waals surface area (Å²) < 4.78 is 11.4. The quantitative estimate of drug-likeness (QED) is 0.793. The largest absolute Gasteiger partial charge is 0.379 e. The molecule has 0 spiro atoms. The van der Waals surface area contributed by atoms with Crippen LogP contribution in [0.25, 0.3) is 0 Å². The number of ether oxygens (including phenoxy) is 2. The molecular formula is C18H29NO2. The number of nitrogens with one attached hydrogen (secondary N) is 1. The van der Waals surface area contributed by atoms with Crippen molar-refractivity contribution in [3.8, 4) is 0 Å². The van der Waals surface area contributed by atoms with Crippen LogP contribution < -0.4 is 5.32 Å². The summed E-state index contributed by atoms with van der Waals surface area (Å²) >= 11 is 0. The van der Waals surface area contributed by atoms with Crippen molar-refractivity contribution < 1.29 is 9.47 Å². The Morgan fingerprint density at radius 2 is 1.95 bits per heavy atom. The van der Waals surface area contributed by atoms with Crippen LogP contribution in [0.1, 0.15) is 56.7 Å². The average Bonchev–Trinajstić information content (AvgIpc) is 3.01. The SMILES string of the molecule is CCCNC(COC1CCOC1)c1ccc(C(C)C)cc1. The van der Waals surface area contributed by atoms with E-state index in [0.717, 1.165) is 39.2 Å². The first-order valence-corrected chi connectivity index (χ1v) is 8.23. The van der Waals surface area contributed by atoms with E-state index in [1.165, 1.54) is 11.1 Å². The van der Waals surface area contributed by atoms with Gasteiger partial charge in [-0.3, -0.25) is 0 Å². The second-order valence-electron chi connectivity index (χ2n) is 6.15. The van der Waals surface area contributed by atoms with Gasteiger partial charge < -0.3 is 14.8 Å². The minimum atomic E-state index is 0.269. The van der Waals surface area contributed by atoms with Gasteiger partial charge in [-0.1, -0.05) is 45.0 Å². The average molecular weight is 291 g/mol. The highest BCUT2D eigenvalue weighted by atomic mass is 16.5. The molecule has 0 radical (unpaired) electrons. The van der Waals surface area contributed by atoms with E-state index in [1.54, 1.807) is 0 Å². The molecule has 0 amide bonds. The minimum absolute atomic E-state index is 0.269. The van der Waals surface area contributed by atoms with Gasteiger partial charge in [0.1, 0.15) is 0 Å². The highest BCUT2D eigenvalue weighted by Crippen LogP contribution is 2.20. The molecule has 1 aromatic rings. The summed E-state index contributed by atoms with van der Waals surface area (Å²) in [5.74, 6) is 0.577. The monoisotopic (exact) mass is 291 g/mol. The van der Waals surface area contributed by atoms with E-state index in [0.29, 0.717) is 5.92 Å². The van der Waals surface area contributed by atoms with E-state index in [2.05, 4.69) is 50.4 Å². The van der Waals surface area contributed by atoms with Gasteiger partial charge >= 0.3 is 0 Å². The van der Waals surface area contributed by atoms with Crippen molar-refractivity contribution in [2.24, 2.45) is 0 Å². The standard InChI is InChI=1S/C18H29NO2/c1-4-10-19-18(13-21-17-9-11-20-12-17)16-7-5-15(6-8-16)14(2)3/h5-8,14,17-19H,4,9-13H2,1-3H3. The number of hydrogen-bond acceptors (Lipinski definition) is 3. The Morgan fingerprint density at radius 3 is 2.52 bits per heavy atom. The van der Waals surface area contributed by atoms with E-state index in [4.69, 9.17) is 9.47 Å². The van der Waals surface area contributed by atoms with Gasteiger partial charge in [-0.15, -0.1) is 0 Å². The molecule has 1 aromatic carbocycles. The summed E-state index contributed by atoms with van der Waals surface area (Å²) in [6.07, 6.45) is 2.42. The van der Waals surface area contributed by atoms with Crippen molar-refractivity contribution in [3.63, 3.8) is 0 Å². The van der Waals surface area contributed by atoms with Gasteiger partial charge in [0.25, 0.3) is 0 Å². The zero-order chi connectivity index (χ0) is 15.1. The Labute approximate surface area is 129 Å². The smallest absolute Gasteiger partial charge is 0.0831 e. The van der Waals surface area contributed by atoms with E-state index in [9.17, 15) is 0 Å². The molecule has 2 unspecified atom stereocenters. The van der Waals surface area contributed by atoms with Gasteiger partial charge in [0.15, 0.2) is 0 Å². The van der Waals surface area contributed by atoms with Crippen LogP contribution in [0.2, 0.25) is 0 Å². The van der Waals surface area contributed by atoms with Gasteiger partial charge in [-0.25, -0.2) is 0 Å². The van der Waals surface area contributed by atoms with E-state index in [-0.39, 0.29) is 12.1 Å². The lowest BCUT2D eigenvalue weighted by Crippen LogP contribution is -2.28. The van der Waals surface area contributed by atoms with Crippen molar-refractivity contribution in [1.29, 1.82) is 0 Å². The maximum absolute atomic E-state index is 6.01. The highest BCUT2D eigenvalue weighted by molar-refractivity contribution is 5.27. The van der Waals surface area contributed by atoms with Crippen molar-refractivity contribution >= 4 is 0 Å². The van der Waals surface area contributed by atoms with Crippen LogP contribution in [0.5, 0.6) is 0 Å². The molecule has 0 bridgehead atoms. The first-order chi connectivity index (χ1) is 10.2. The predicted molar refractivity (Wildman–Crippen MR) is 86.7 cm³/mol. The van der Waals surface area contributed by atoms with Gasteiger partial charge in [-0.05, 0) is 36.4 Å². The van der Waals surface area contributed by atoms with Gasteiger partial charge in [0, 0.05) is 6.61 Å². The molecule has 3 nitrogen and oxygen atoms in total. The molecule has 3 heteroatoms. The molecule has 2 rings (SSSR count). The van der Waals surface area contributed by atoms with Gasteiger partial charge in [0.05, 0.1) is 25.4 Å². The maximum atomic E-state index is 6.01. The van der Waals surface area contributed by atoms with Crippen molar-refractivity contribution in [2.75, 3.05) is 26.4 Å². The molecule has 2 atom stereocenters. The number of rotatable bonds is 8. The van der Waals surface area contributed by atoms with E-state index >= 15 is 0 Å². The fraction of sp³-hybridized carbons (Fsp3) is 0.667. The molecule has 118 valence electrons. The molecule has 1 fully saturated rings. The Hall–Kier alpha value is -0.900. The van der Waals surface area contributed by atoms with Gasteiger partial charge in [0.2, 0.25) is 0 Å². The summed E-state index contributed by atoms with van der Waals surface area (Å²) in [4.78, 5) is 0. The third kappa shape index (κ3) is 5.10. The van der Waals surface area contributed by atoms with E-state index < -0.39 is 0 Å². The Morgan fingerprint density at radius 1 is 1.24 bits per heavy atom. The molecule has 21 heavy (non-hydrogen) atoms. The molecule has 1 aliphatic rings. The minimum Gasteiger partial charge on any atom is -0.379 e. The summed E-state index contributed by atoms with van der Waals surface area (Å²) in [6, 6.07) is 9.21. The molecular weight excluding hydrogens is 262 g/mol. The second-order valence-corrected chi connectivity index (χ2v) is 6.15. The predicted octanol–water partition coefficient (Wildman–Crippen LogP) is 3.66. The molecule has 1 aliphatic heterocycles. The van der Waals surface area contributed by atoms with Crippen LogP contribution in [0.4, 0.5) is 0 Å². The fourth-order valence-corrected chi connectivity index (χ4v) is 2.58. The maximum Gasteiger partial charge on any atom is 0.0831 e. The first-order valence-electron chi connectivity index (χ1n) is 8.23. The molecule has 1 N–H and O–H groups in total. The van der Waals surface area contributed by atoms with Crippen LogP contribution in [-0.2, 0) is 9.47 Å². The second kappa shape index (κ2) is 8.52. The third-order valence-electron chi connectivity index (χ3n) is 4.03. The lowest BCUT2D eigenvalue weighted by molar-refractivity contribution is 0.0297. The molecule has 0 saturated carbocycles. The van der Waals surface area contributed by atoms with Crippen molar-refractivity contribution in [1.82, 2.24) is 5.32 Å². The van der Waals surface area contributed by atoms with Crippen molar-refractivity contribution in [3.05, 3.63) is 35.4 Å². The zero-order valence-electron chi connectivity index (χ0n) is 13.6. The van der Waals surface area contributed by atoms with Crippen LogP contribution in [0.15, 0.2) is 24.3 Å². The van der Waals surface area contributed by atoms with Crippen LogP contribution in [0, 0.1) is 0 Å². The third-order valence-corrected chi connectivity index (χ3v) is 4.03. The summed E-state index contributed by atoms with van der Waals surface area (Å²) in [6.45, 7) is 9.96. The molecule has 1 saturated heterocycles. The summed E-state index contributed by atoms with van der Waals surface area (Å²) in [5, 5.41) is 3.59. The Bertz CT molecular complexity index is 396. The first kappa shape index (κ1) is 16.5. The lowest BCUT2D eigenvalue weighted by atomic mass is 9.99. The summed E-state index contributed by atoms with van der Waals surface area (Å²) in [7, 11) is 0. The zero-order valence-corrected chi connectivity index (χ0v) is 13.6. The topological polar surface area (TPSA) is 30.5 Å². The normalized spacial score (nSPS) is 20.1. The van der Waals surface area contributed by atoms with Gasteiger partial charge in [-0.2, -0.15) is 0 Å². The number of benzene rings is 1. The van der Waals surface area contributed by atoms with Crippen LogP contribution >= 0.6 is 0 Å². The molecule has 0 aliphatic carbocycles. The van der Waals surface area contributed by atoms with Crippen LogP contribution in [0.3, 0.4) is 0 Å². The van der Waals surface area contributed by atoms with E-state index in [1.807, 2.05) is 0 Å². The number of hydrogen-bond donors (Lipinski definition) is 1. The molecule has 1 heterocycles. The van der Waals surface area contributed by atoms with Crippen LogP contribution in [-0.4, -0.2) is 32.5 Å². The highest BCUT2D eigenvalue weighted by Gasteiger charge is 2.19. The Balaban J connectivity index is 1.96. The summed E-state index contributed by atoms with van der Waals surface area (Å²) in [5.41, 5.74) is 2.70. The fourth-order valence-electron chi connectivity index (χ4n) is 2.58. The Kier molecular flexibility index (Phi) is 6.68. The molecule has 0 aromatic heterocycles.